The summed E-state index contributed by atoms with van der Waals surface area (Å²) >= 11 is 0. The summed E-state index contributed by atoms with van der Waals surface area (Å²) in [6.07, 6.45) is 1.66. The molecule has 1 aliphatic rings. The molecule has 2 aromatic carbocycles. The molecule has 0 fully saturated rings. The fourth-order valence-electron chi connectivity index (χ4n) is 2.95. The van der Waals surface area contributed by atoms with Gasteiger partial charge in [-0.15, -0.1) is 0 Å². The van der Waals surface area contributed by atoms with Crippen LogP contribution in [0.3, 0.4) is 0 Å². The Kier molecular flexibility index (Phi) is 4.61. The van der Waals surface area contributed by atoms with Crippen molar-refractivity contribution >= 4 is 23.1 Å². The molecule has 27 heavy (non-hydrogen) atoms. The van der Waals surface area contributed by atoms with E-state index in [-0.39, 0.29) is 12.7 Å². The predicted octanol–water partition coefficient (Wildman–Crippen LogP) is 4.22. The predicted molar refractivity (Wildman–Crippen MR) is 104 cm³/mol. The Morgan fingerprint density at radius 1 is 1.07 bits per heavy atom. The van der Waals surface area contributed by atoms with Crippen LogP contribution < -0.4 is 19.7 Å². The number of nitrogens with zero attached hydrogens (tertiary/aromatic N) is 2. The number of pyridine rings is 1. The summed E-state index contributed by atoms with van der Waals surface area (Å²) in [7, 11) is 0. The zero-order valence-electron chi connectivity index (χ0n) is 14.9. The van der Waals surface area contributed by atoms with Crippen LogP contribution in [-0.2, 0) is 0 Å². The first-order chi connectivity index (χ1) is 13.2. The number of hydrogen-bond donors (Lipinski definition) is 1. The molecule has 6 heteroatoms. The molecule has 0 aliphatic carbocycles. The van der Waals surface area contributed by atoms with E-state index in [2.05, 4.69) is 22.1 Å². The van der Waals surface area contributed by atoms with Gasteiger partial charge in [-0.3, -0.25) is 4.79 Å². The van der Waals surface area contributed by atoms with Crippen LogP contribution >= 0.6 is 0 Å². The Bertz CT molecular complexity index is 943. The molecule has 6 nitrogen and oxygen atoms in total. The van der Waals surface area contributed by atoms with E-state index >= 15 is 0 Å². The number of amides is 1. The molecule has 1 N–H and O–H groups in total. The van der Waals surface area contributed by atoms with Crippen molar-refractivity contribution in [3.8, 4) is 11.5 Å². The first-order valence-corrected chi connectivity index (χ1v) is 8.74. The molecule has 0 spiro atoms. The number of carbonyl (C=O) groups is 1. The second-order valence-corrected chi connectivity index (χ2v) is 6.01. The number of para-hydroxylation sites is 1. The lowest BCUT2D eigenvalue weighted by Crippen LogP contribution is -2.17. The Labute approximate surface area is 157 Å². The van der Waals surface area contributed by atoms with Gasteiger partial charge in [0.2, 0.25) is 6.79 Å². The maximum absolute atomic E-state index is 12.5. The number of aromatic nitrogens is 1. The third-order valence-electron chi connectivity index (χ3n) is 4.30. The molecule has 0 bridgehead atoms. The second-order valence-electron chi connectivity index (χ2n) is 6.01. The first kappa shape index (κ1) is 16.9. The number of nitrogens with one attached hydrogen (secondary N) is 1. The minimum absolute atomic E-state index is 0.182. The van der Waals surface area contributed by atoms with E-state index in [1.807, 2.05) is 42.5 Å². The highest BCUT2D eigenvalue weighted by Gasteiger charge is 2.16. The summed E-state index contributed by atoms with van der Waals surface area (Å²) in [4.78, 5) is 19.1. The highest BCUT2D eigenvalue weighted by molar-refractivity contribution is 6.04. The maximum Gasteiger partial charge on any atom is 0.255 e. The minimum Gasteiger partial charge on any atom is -0.454 e. The molecule has 1 aromatic heterocycles. The molecule has 4 rings (SSSR count). The van der Waals surface area contributed by atoms with Crippen LogP contribution in [0.2, 0.25) is 0 Å². The fraction of sp³-hybridized carbons (Fsp3) is 0.143. The van der Waals surface area contributed by atoms with Crippen molar-refractivity contribution in [1.82, 2.24) is 4.98 Å². The van der Waals surface area contributed by atoms with Gasteiger partial charge in [0, 0.05) is 17.8 Å². The summed E-state index contributed by atoms with van der Waals surface area (Å²) in [6, 6.07) is 18.9. The maximum atomic E-state index is 12.5. The van der Waals surface area contributed by atoms with Gasteiger partial charge in [0.25, 0.3) is 5.91 Å². The molecule has 1 aliphatic heterocycles. The van der Waals surface area contributed by atoms with Crippen molar-refractivity contribution in [2.45, 2.75) is 6.92 Å². The van der Waals surface area contributed by atoms with E-state index in [0.717, 1.165) is 18.1 Å². The number of rotatable bonds is 5. The molecule has 0 saturated heterocycles. The number of fused-ring (bicyclic) bond motifs is 1. The van der Waals surface area contributed by atoms with E-state index in [1.165, 1.54) is 0 Å². The summed E-state index contributed by atoms with van der Waals surface area (Å²) in [5.41, 5.74) is 2.21. The highest BCUT2D eigenvalue weighted by Crippen LogP contribution is 2.32. The smallest absolute Gasteiger partial charge is 0.255 e. The Morgan fingerprint density at radius 3 is 2.63 bits per heavy atom. The summed E-state index contributed by atoms with van der Waals surface area (Å²) in [5.74, 6) is 1.83. The average molecular weight is 361 g/mol. The van der Waals surface area contributed by atoms with Crippen molar-refractivity contribution in [1.29, 1.82) is 0 Å². The van der Waals surface area contributed by atoms with Gasteiger partial charge in [-0.05, 0) is 49.4 Å². The number of ether oxygens (including phenoxy) is 2. The quantitative estimate of drug-likeness (QED) is 0.737. The lowest BCUT2D eigenvalue weighted by molar-refractivity contribution is 0.102. The van der Waals surface area contributed by atoms with Crippen LogP contribution in [0, 0.1) is 0 Å². The SMILES string of the molecule is CCN(c1ccccc1)c1ccc(NC(=O)c2ccc3c(c2)OCO3)cn1. The molecule has 0 saturated carbocycles. The Morgan fingerprint density at radius 2 is 1.89 bits per heavy atom. The van der Waals surface area contributed by atoms with Crippen LogP contribution in [0.5, 0.6) is 11.5 Å². The van der Waals surface area contributed by atoms with Crippen LogP contribution in [0.15, 0.2) is 66.9 Å². The van der Waals surface area contributed by atoms with Crippen LogP contribution in [0.1, 0.15) is 17.3 Å². The van der Waals surface area contributed by atoms with E-state index < -0.39 is 0 Å². The lowest BCUT2D eigenvalue weighted by atomic mass is 10.2. The van der Waals surface area contributed by atoms with Gasteiger partial charge in [-0.2, -0.15) is 0 Å². The Hall–Kier alpha value is -3.54. The van der Waals surface area contributed by atoms with Crippen molar-refractivity contribution < 1.29 is 14.3 Å². The van der Waals surface area contributed by atoms with Gasteiger partial charge in [0.15, 0.2) is 11.5 Å². The van der Waals surface area contributed by atoms with Gasteiger partial charge in [-0.25, -0.2) is 4.98 Å². The van der Waals surface area contributed by atoms with Crippen LogP contribution in [-0.4, -0.2) is 24.2 Å². The third-order valence-corrected chi connectivity index (χ3v) is 4.30. The van der Waals surface area contributed by atoms with Crippen molar-refractivity contribution in [3.05, 3.63) is 72.4 Å². The molecule has 136 valence electrons. The monoisotopic (exact) mass is 361 g/mol. The summed E-state index contributed by atoms with van der Waals surface area (Å²) in [6.45, 7) is 3.05. The largest absolute Gasteiger partial charge is 0.454 e. The molecular formula is C21H19N3O3. The summed E-state index contributed by atoms with van der Waals surface area (Å²) < 4.78 is 10.6. The Balaban J connectivity index is 1.48. The third kappa shape index (κ3) is 3.55. The van der Waals surface area contributed by atoms with Crippen molar-refractivity contribution in [3.63, 3.8) is 0 Å². The van der Waals surface area contributed by atoms with Gasteiger partial charge < -0.3 is 19.7 Å². The average Bonchev–Trinajstić information content (AvgIpc) is 3.18. The first-order valence-electron chi connectivity index (χ1n) is 8.74. The van der Waals surface area contributed by atoms with E-state index in [0.29, 0.717) is 22.7 Å². The normalized spacial score (nSPS) is 11.9. The van der Waals surface area contributed by atoms with E-state index in [9.17, 15) is 4.79 Å². The molecule has 0 atom stereocenters. The molecule has 0 radical (unpaired) electrons. The summed E-state index contributed by atoms with van der Waals surface area (Å²) in [5, 5.41) is 2.86. The molecule has 3 aromatic rings. The van der Waals surface area contributed by atoms with Gasteiger partial charge in [0.1, 0.15) is 5.82 Å². The van der Waals surface area contributed by atoms with Gasteiger partial charge >= 0.3 is 0 Å². The topological polar surface area (TPSA) is 63.7 Å². The second kappa shape index (κ2) is 7.37. The molecule has 2 heterocycles. The minimum atomic E-state index is -0.224. The van der Waals surface area contributed by atoms with E-state index in [1.54, 1.807) is 24.4 Å². The molecular weight excluding hydrogens is 342 g/mol. The van der Waals surface area contributed by atoms with Crippen molar-refractivity contribution in [2.75, 3.05) is 23.6 Å². The fourth-order valence-corrected chi connectivity index (χ4v) is 2.95. The number of benzene rings is 2. The van der Waals surface area contributed by atoms with Gasteiger partial charge in [0.05, 0.1) is 11.9 Å². The molecule has 1 amide bonds. The number of hydrogen-bond acceptors (Lipinski definition) is 5. The van der Waals surface area contributed by atoms with Crippen LogP contribution in [0.4, 0.5) is 17.2 Å². The standard InChI is InChI=1S/C21H19N3O3/c1-2-24(17-6-4-3-5-7-17)20-11-9-16(13-22-20)23-21(25)15-8-10-18-19(12-15)27-14-26-18/h3-13H,2,14H2,1H3,(H,23,25). The highest BCUT2D eigenvalue weighted by atomic mass is 16.7. The van der Waals surface area contributed by atoms with E-state index in [4.69, 9.17) is 9.47 Å². The molecule has 0 unspecified atom stereocenters. The van der Waals surface area contributed by atoms with Gasteiger partial charge in [-0.1, -0.05) is 18.2 Å². The number of carbonyl (C=O) groups excluding carboxylic acids is 1. The number of anilines is 3. The zero-order valence-corrected chi connectivity index (χ0v) is 14.9. The zero-order chi connectivity index (χ0) is 18.6. The van der Waals surface area contributed by atoms with Crippen molar-refractivity contribution in [2.24, 2.45) is 0 Å². The van der Waals surface area contributed by atoms with Crippen LogP contribution in [0.25, 0.3) is 0 Å². The lowest BCUT2D eigenvalue weighted by Gasteiger charge is -2.22.